The molecule has 0 saturated heterocycles. The van der Waals surface area contributed by atoms with Gasteiger partial charge in [-0.05, 0) is 25.8 Å². The molecule has 1 aliphatic rings. The fourth-order valence-corrected chi connectivity index (χ4v) is 2.38. The monoisotopic (exact) mass is 235 g/mol. The maximum Gasteiger partial charge on any atom is 0.146 e. The van der Waals surface area contributed by atoms with Gasteiger partial charge in [-0.1, -0.05) is 24.4 Å². The minimum Gasteiger partial charge on any atom is -0.364 e. The Kier molecular flexibility index (Phi) is 3.02. The van der Waals surface area contributed by atoms with E-state index < -0.39 is 0 Å². The van der Waals surface area contributed by atoms with Crippen LogP contribution in [0.25, 0.3) is 0 Å². The number of hydrogen-bond acceptors (Lipinski definition) is 3. The highest BCUT2D eigenvalue weighted by Crippen LogP contribution is 2.34. The number of anilines is 1. The summed E-state index contributed by atoms with van der Waals surface area (Å²) in [5.74, 6) is 0.630. The zero-order valence-electron chi connectivity index (χ0n) is 9.26. The van der Waals surface area contributed by atoms with Gasteiger partial charge in [-0.25, -0.2) is 4.98 Å². The van der Waals surface area contributed by atoms with Crippen LogP contribution in [-0.4, -0.2) is 10.5 Å². The molecule has 84 valence electrons. The van der Waals surface area contributed by atoms with E-state index in [1.807, 2.05) is 0 Å². The number of hydrogen-bond donors (Lipinski definition) is 1. The third-order valence-corrected chi connectivity index (χ3v) is 3.52. The molecule has 1 fully saturated rings. The molecule has 1 heterocycles. The van der Waals surface area contributed by atoms with Crippen molar-refractivity contribution in [2.45, 2.75) is 38.1 Å². The van der Waals surface area contributed by atoms with Gasteiger partial charge in [-0.3, -0.25) is 0 Å². The van der Waals surface area contributed by atoms with Crippen molar-refractivity contribution < 1.29 is 0 Å². The van der Waals surface area contributed by atoms with Crippen molar-refractivity contribution in [1.82, 2.24) is 4.98 Å². The van der Waals surface area contributed by atoms with Crippen LogP contribution in [0.2, 0.25) is 5.02 Å². The molecule has 1 saturated carbocycles. The van der Waals surface area contributed by atoms with Crippen LogP contribution in [0.15, 0.2) is 12.3 Å². The Morgan fingerprint density at radius 2 is 2.19 bits per heavy atom. The zero-order chi connectivity index (χ0) is 11.6. The third-order valence-electron chi connectivity index (χ3n) is 3.14. The molecule has 1 aromatic heterocycles. The van der Waals surface area contributed by atoms with Crippen molar-refractivity contribution in [1.29, 1.82) is 5.26 Å². The molecule has 4 heteroatoms. The van der Waals surface area contributed by atoms with Crippen molar-refractivity contribution in [3.05, 3.63) is 22.8 Å². The maximum atomic E-state index is 8.88. The van der Waals surface area contributed by atoms with Crippen molar-refractivity contribution in [3.8, 4) is 6.07 Å². The van der Waals surface area contributed by atoms with Gasteiger partial charge in [0.2, 0.25) is 0 Å². The third kappa shape index (κ3) is 2.12. The van der Waals surface area contributed by atoms with Crippen molar-refractivity contribution in [3.63, 3.8) is 0 Å². The van der Waals surface area contributed by atoms with Gasteiger partial charge in [-0.15, -0.1) is 0 Å². The zero-order valence-corrected chi connectivity index (χ0v) is 10.0. The average molecular weight is 236 g/mol. The molecule has 16 heavy (non-hydrogen) atoms. The second-order valence-electron chi connectivity index (χ2n) is 4.53. The minimum absolute atomic E-state index is 0.0741. The molecule has 0 bridgehead atoms. The number of halogens is 1. The van der Waals surface area contributed by atoms with E-state index in [4.69, 9.17) is 16.9 Å². The van der Waals surface area contributed by atoms with Crippen LogP contribution < -0.4 is 5.32 Å². The first-order valence-corrected chi connectivity index (χ1v) is 5.85. The first-order valence-electron chi connectivity index (χ1n) is 5.47. The molecule has 0 amide bonds. The fourth-order valence-electron chi connectivity index (χ4n) is 2.18. The number of nitrogens with one attached hydrogen (secondary N) is 1. The normalized spacial score (nSPS) is 18.1. The molecule has 0 aliphatic heterocycles. The first-order chi connectivity index (χ1) is 7.64. The van der Waals surface area contributed by atoms with Gasteiger partial charge in [0.1, 0.15) is 16.9 Å². The summed E-state index contributed by atoms with van der Waals surface area (Å²) in [6, 6.07) is 3.69. The Hall–Kier alpha value is -1.27. The second-order valence-corrected chi connectivity index (χ2v) is 4.90. The van der Waals surface area contributed by atoms with Gasteiger partial charge in [0.15, 0.2) is 0 Å². The van der Waals surface area contributed by atoms with Crippen molar-refractivity contribution in [2.75, 3.05) is 5.32 Å². The van der Waals surface area contributed by atoms with Crippen LogP contribution in [0.5, 0.6) is 0 Å². The molecule has 1 aliphatic carbocycles. The Bertz CT molecular complexity index is 430. The van der Waals surface area contributed by atoms with Crippen LogP contribution >= 0.6 is 11.6 Å². The van der Waals surface area contributed by atoms with Gasteiger partial charge in [0, 0.05) is 11.7 Å². The lowest BCUT2D eigenvalue weighted by Crippen LogP contribution is -2.31. The molecule has 0 spiro atoms. The number of pyridine rings is 1. The summed E-state index contributed by atoms with van der Waals surface area (Å²) in [5, 5.41) is 12.7. The van der Waals surface area contributed by atoms with E-state index in [2.05, 4.69) is 23.3 Å². The minimum atomic E-state index is 0.0741. The number of aromatic nitrogens is 1. The summed E-state index contributed by atoms with van der Waals surface area (Å²) in [5.41, 5.74) is 0.547. The number of rotatable bonds is 2. The van der Waals surface area contributed by atoms with Crippen LogP contribution in [0.4, 0.5) is 5.82 Å². The summed E-state index contributed by atoms with van der Waals surface area (Å²) >= 11 is 6.10. The van der Waals surface area contributed by atoms with E-state index in [9.17, 15) is 0 Å². The highest BCUT2D eigenvalue weighted by molar-refractivity contribution is 6.34. The highest BCUT2D eigenvalue weighted by atomic mass is 35.5. The first kappa shape index (κ1) is 11.2. The molecule has 0 atom stereocenters. The summed E-state index contributed by atoms with van der Waals surface area (Å²) in [7, 11) is 0. The van der Waals surface area contributed by atoms with Gasteiger partial charge in [-0.2, -0.15) is 5.26 Å². The van der Waals surface area contributed by atoms with Crippen LogP contribution in [0.1, 0.15) is 38.2 Å². The van der Waals surface area contributed by atoms with E-state index in [0.29, 0.717) is 16.4 Å². The Labute approximate surface area is 100 Å². The lowest BCUT2D eigenvalue weighted by Gasteiger charge is -2.26. The topological polar surface area (TPSA) is 48.7 Å². The molecular weight excluding hydrogens is 222 g/mol. The molecule has 0 unspecified atom stereocenters. The highest BCUT2D eigenvalue weighted by Gasteiger charge is 2.29. The van der Waals surface area contributed by atoms with Gasteiger partial charge in [0.25, 0.3) is 0 Å². The molecule has 1 aromatic rings. The maximum absolute atomic E-state index is 8.88. The van der Waals surface area contributed by atoms with Crippen molar-refractivity contribution in [2.24, 2.45) is 0 Å². The largest absolute Gasteiger partial charge is 0.364 e. The van der Waals surface area contributed by atoms with E-state index >= 15 is 0 Å². The predicted molar refractivity (Wildman–Crippen MR) is 64.5 cm³/mol. The second kappa shape index (κ2) is 4.31. The van der Waals surface area contributed by atoms with Crippen LogP contribution in [0, 0.1) is 11.3 Å². The molecule has 3 nitrogen and oxygen atoms in total. The average Bonchev–Trinajstić information content (AvgIpc) is 2.68. The molecule has 1 N–H and O–H groups in total. The molecule has 0 radical (unpaired) electrons. The Morgan fingerprint density at radius 3 is 2.81 bits per heavy atom. The van der Waals surface area contributed by atoms with E-state index in [1.165, 1.54) is 12.8 Å². The fraction of sp³-hybridized carbons (Fsp3) is 0.500. The quantitative estimate of drug-likeness (QED) is 0.855. The number of nitrogens with zero attached hydrogens (tertiary/aromatic N) is 2. The Morgan fingerprint density at radius 1 is 1.50 bits per heavy atom. The smallest absolute Gasteiger partial charge is 0.146 e. The lowest BCUT2D eigenvalue weighted by molar-refractivity contribution is 0.531. The summed E-state index contributed by atoms with van der Waals surface area (Å²) in [6.45, 7) is 2.18. The van der Waals surface area contributed by atoms with Crippen LogP contribution in [-0.2, 0) is 0 Å². The lowest BCUT2D eigenvalue weighted by atomic mass is 10.0. The van der Waals surface area contributed by atoms with E-state index in [-0.39, 0.29) is 5.54 Å². The molecule has 0 aromatic carbocycles. The Balaban J connectivity index is 2.25. The van der Waals surface area contributed by atoms with Gasteiger partial charge < -0.3 is 5.32 Å². The number of nitriles is 1. The molecule has 2 rings (SSSR count). The molecular formula is C12H14ClN3. The summed E-state index contributed by atoms with van der Waals surface area (Å²) in [6.07, 6.45) is 6.34. The van der Waals surface area contributed by atoms with Crippen molar-refractivity contribution >= 4 is 17.4 Å². The van der Waals surface area contributed by atoms with Gasteiger partial charge >= 0.3 is 0 Å². The van der Waals surface area contributed by atoms with Gasteiger partial charge in [0.05, 0.1) is 5.56 Å². The predicted octanol–water partition coefficient (Wildman–Crippen LogP) is 3.35. The SMILES string of the molecule is CC1(Nc2nccc(C#N)c2Cl)CCCC1. The summed E-state index contributed by atoms with van der Waals surface area (Å²) in [4.78, 5) is 4.20. The van der Waals surface area contributed by atoms with Crippen LogP contribution in [0.3, 0.4) is 0 Å². The summed E-state index contributed by atoms with van der Waals surface area (Å²) < 4.78 is 0. The van der Waals surface area contributed by atoms with E-state index in [0.717, 1.165) is 12.8 Å². The standard InChI is InChI=1S/C12H14ClN3/c1-12(5-2-3-6-12)16-11-10(13)9(8-14)4-7-15-11/h4,7H,2-3,5-6H2,1H3,(H,15,16). The van der Waals surface area contributed by atoms with E-state index in [1.54, 1.807) is 12.3 Å².